The quantitative estimate of drug-likeness (QED) is 0.242. The lowest BCUT2D eigenvalue weighted by atomic mass is 10.1. The molecule has 4 N–H and O–H groups in total. The number of alkyl halides is 2. The molecule has 0 aromatic heterocycles. The summed E-state index contributed by atoms with van der Waals surface area (Å²) in [5.74, 6) is -1.62. The van der Waals surface area contributed by atoms with E-state index >= 15 is 0 Å². The number of nitrogens with zero attached hydrogens (tertiary/aromatic N) is 2. The van der Waals surface area contributed by atoms with Crippen LogP contribution in [-0.2, 0) is 27.5 Å². The van der Waals surface area contributed by atoms with Crippen LogP contribution in [0, 0.1) is 0 Å². The molecule has 2 heterocycles. The van der Waals surface area contributed by atoms with E-state index in [4.69, 9.17) is 5.11 Å². The molecule has 0 aliphatic carbocycles. The molecule has 0 bridgehead atoms. The van der Waals surface area contributed by atoms with Gasteiger partial charge in [0.05, 0.1) is 13.0 Å². The van der Waals surface area contributed by atoms with Crippen molar-refractivity contribution < 1.29 is 33.0 Å². The lowest BCUT2D eigenvalue weighted by molar-refractivity contribution is -0.148. The third kappa shape index (κ3) is 11.5. The zero-order valence-electron chi connectivity index (χ0n) is 24.9. The summed E-state index contributed by atoms with van der Waals surface area (Å²) in [6, 6.07) is 25.9. The Bertz CT molecular complexity index is 1360. The van der Waals surface area contributed by atoms with E-state index in [1.807, 2.05) is 36.4 Å². The number of carboxylic acids is 1. The van der Waals surface area contributed by atoms with Gasteiger partial charge >= 0.3 is 12.6 Å². The Morgan fingerprint density at radius 1 is 0.956 bits per heavy atom. The summed E-state index contributed by atoms with van der Waals surface area (Å²) >= 11 is 0. The first kappa shape index (κ1) is 33.3. The van der Waals surface area contributed by atoms with Crippen LogP contribution in [0.1, 0.15) is 24.0 Å². The van der Waals surface area contributed by atoms with Crippen molar-refractivity contribution in [3.63, 3.8) is 0 Å². The van der Waals surface area contributed by atoms with Crippen molar-refractivity contribution in [3.05, 3.63) is 96.1 Å². The number of aliphatic carboxylic acids is 1. The van der Waals surface area contributed by atoms with Crippen LogP contribution in [0.25, 0.3) is 0 Å². The van der Waals surface area contributed by atoms with Crippen molar-refractivity contribution in [3.8, 4) is 5.75 Å². The second-order valence-electron chi connectivity index (χ2n) is 10.9. The summed E-state index contributed by atoms with van der Waals surface area (Å²) in [7, 11) is 0. The fourth-order valence-corrected chi connectivity index (χ4v) is 5.24. The highest BCUT2D eigenvalue weighted by Crippen LogP contribution is 2.18. The Morgan fingerprint density at radius 2 is 1.60 bits per heavy atom. The highest BCUT2D eigenvalue weighted by Gasteiger charge is 2.33. The van der Waals surface area contributed by atoms with E-state index in [0.29, 0.717) is 12.6 Å². The number of carboxylic acid groups (broad SMARTS) is 1. The van der Waals surface area contributed by atoms with E-state index in [9.17, 15) is 23.2 Å². The zero-order valence-corrected chi connectivity index (χ0v) is 24.9. The van der Waals surface area contributed by atoms with Gasteiger partial charge < -0.3 is 30.7 Å². The first-order chi connectivity index (χ1) is 21.7. The van der Waals surface area contributed by atoms with E-state index in [-0.39, 0.29) is 24.1 Å². The largest absolute Gasteiger partial charge is 0.481 e. The molecule has 0 spiro atoms. The summed E-state index contributed by atoms with van der Waals surface area (Å²) in [5.41, 5.74) is 3.15. The van der Waals surface area contributed by atoms with Gasteiger partial charge in [-0.2, -0.15) is 8.78 Å². The summed E-state index contributed by atoms with van der Waals surface area (Å²) in [4.78, 5) is 38.1. The molecule has 12 heteroatoms. The van der Waals surface area contributed by atoms with E-state index in [0.717, 1.165) is 50.4 Å². The number of amides is 2. The highest BCUT2D eigenvalue weighted by atomic mass is 19.3. The first-order valence-corrected chi connectivity index (χ1v) is 14.9. The number of nitrogens with one attached hydrogen (secondary N) is 3. The van der Waals surface area contributed by atoms with Crippen LogP contribution in [0.4, 0.5) is 14.5 Å². The second kappa shape index (κ2) is 17.1. The predicted octanol–water partition coefficient (Wildman–Crippen LogP) is 3.55. The van der Waals surface area contributed by atoms with Gasteiger partial charge in [0, 0.05) is 51.0 Å². The van der Waals surface area contributed by atoms with E-state index in [1.165, 1.54) is 10.5 Å². The minimum atomic E-state index is -2.79. The maximum atomic E-state index is 12.2. The number of benzene rings is 3. The Morgan fingerprint density at radius 3 is 2.22 bits per heavy atom. The third-order valence-corrected chi connectivity index (χ3v) is 7.36. The molecule has 2 aliphatic heterocycles. The lowest BCUT2D eigenvalue weighted by Gasteiger charge is -2.34. The number of hydrogen-bond acceptors (Lipinski definition) is 7. The van der Waals surface area contributed by atoms with E-state index in [2.05, 4.69) is 49.9 Å². The standard InChI is InChI=1S/C20H25F2N3O.C13H14N2O4/c21-20(22)26-19-8-6-17(7-9-19)23-11-10-18-15-25(13-12-24-18)14-16-4-2-1-3-5-16;16-11-8-15(7-9-4-2-1-3-5-9)13(19)10(14-11)6-12(17)18/h1-9,18,20,23-24H,10-15H2;1-5,10H,6-8H2,(H,14,16)(H,17,18)/t18-;10-/m11/s1. The number of hydrogen-bond donors (Lipinski definition) is 4. The van der Waals surface area contributed by atoms with Gasteiger partial charge in [-0.1, -0.05) is 60.7 Å². The molecule has 0 unspecified atom stereocenters. The molecule has 2 atom stereocenters. The number of anilines is 1. The van der Waals surface area contributed by atoms with Crippen LogP contribution >= 0.6 is 0 Å². The molecule has 240 valence electrons. The van der Waals surface area contributed by atoms with E-state index < -0.39 is 25.0 Å². The second-order valence-corrected chi connectivity index (χ2v) is 10.9. The van der Waals surface area contributed by atoms with Crippen molar-refractivity contribution in [2.45, 2.75) is 44.6 Å². The Kier molecular flexibility index (Phi) is 12.7. The van der Waals surface area contributed by atoms with Crippen LogP contribution in [0.3, 0.4) is 0 Å². The first-order valence-electron chi connectivity index (χ1n) is 14.9. The Labute approximate surface area is 261 Å². The normalized spacial score (nSPS) is 18.5. The predicted molar refractivity (Wildman–Crippen MR) is 166 cm³/mol. The van der Waals surface area contributed by atoms with Crippen LogP contribution < -0.4 is 20.7 Å². The number of carbonyl (C=O) groups is 3. The van der Waals surface area contributed by atoms with Crippen LogP contribution in [0.2, 0.25) is 0 Å². The monoisotopic (exact) mass is 623 g/mol. The summed E-state index contributed by atoms with van der Waals surface area (Å²) in [5, 5.41) is 18.0. The average Bonchev–Trinajstić information content (AvgIpc) is 3.01. The molecule has 2 saturated heterocycles. The molecular formula is C33H39F2N5O5. The number of carbonyl (C=O) groups excluding carboxylic acids is 2. The van der Waals surface area contributed by atoms with Crippen LogP contribution in [-0.4, -0.2) is 84.1 Å². The van der Waals surface area contributed by atoms with Gasteiger partial charge in [-0.05, 0) is 41.8 Å². The van der Waals surface area contributed by atoms with Crippen molar-refractivity contribution >= 4 is 23.5 Å². The van der Waals surface area contributed by atoms with Crippen molar-refractivity contribution in [1.29, 1.82) is 0 Å². The molecule has 10 nitrogen and oxygen atoms in total. The Balaban J connectivity index is 0.000000215. The highest BCUT2D eigenvalue weighted by molar-refractivity contribution is 5.96. The molecule has 2 aliphatic rings. The van der Waals surface area contributed by atoms with E-state index in [1.54, 1.807) is 24.3 Å². The topological polar surface area (TPSA) is 123 Å². The maximum Gasteiger partial charge on any atom is 0.387 e. The van der Waals surface area contributed by atoms with Gasteiger partial charge in [0.1, 0.15) is 11.8 Å². The number of ether oxygens (including phenoxy) is 1. The fraction of sp³-hybridized carbons (Fsp3) is 0.364. The zero-order chi connectivity index (χ0) is 32.0. The molecule has 5 rings (SSSR count). The number of rotatable bonds is 12. The van der Waals surface area contributed by atoms with Gasteiger partial charge in [0.2, 0.25) is 11.8 Å². The van der Waals surface area contributed by atoms with Crippen LogP contribution in [0.5, 0.6) is 5.75 Å². The minimum absolute atomic E-state index is 0.0379. The molecule has 45 heavy (non-hydrogen) atoms. The van der Waals surface area contributed by atoms with Gasteiger partial charge in [-0.15, -0.1) is 0 Å². The van der Waals surface area contributed by atoms with Gasteiger partial charge in [0.25, 0.3) is 0 Å². The van der Waals surface area contributed by atoms with Gasteiger partial charge in [-0.3, -0.25) is 19.3 Å². The summed E-state index contributed by atoms with van der Waals surface area (Å²) in [6.45, 7) is 2.38. The summed E-state index contributed by atoms with van der Waals surface area (Å²) < 4.78 is 28.7. The molecule has 0 radical (unpaired) electrons. The third-order valence-electron chi connectivity index (χ3n) is 7.36. The van der Waals surface area contributed by atoms with Crippen molar-refractivity contribution in [2.75, 3.05) is 38.0 Å². The molecule has 3 aromatic carbocycles. The summed E-state index contributed by atoms with van der Waals surface area (Å²) in [6.07, 6.45) is 0.608. The van der Waals surface area contributed by atoms with Gasteiger partial charge in [0.15, 0.2) is 0 Å². The van der Waals surface area contributed by atoms with Crippen LogP contribution in [0.15, 0.2) is 84.9 Å². The van der Waals surface area contributed by atoms with Crippen molar-refractivity contribution in [2.24, 2.45) is 0 Å². The SMILES string of the molecule is FC(F)Oc1ccc(NCC[C@@H]2CN(Cc3ccccc3)CCN2)cc1.O=C(O)C[C@H]1NC(=O)CN(Cc2ccccc2)C1=O. The lowest BCUT2D eigenvalue weighted by Crippen LogP contribution is -2.58. The minimum Gasteiger partial charge on any atom is -0.481 e. The molecule has 2 amide bonds. The molecule has 0 saturated carbocycles. The Hall–Kier alpha value is -4.55. The molecular weight excluding hydrogens is 584 g/mol. The molecule has 2 fully saturated rings. The number of piperazine rings is 2. The number of halogens is 2. The van der Waals surface area contributed by atoms with Crippen molar-refractivity contribution in [1.82, 2.24) is 20.4 Å². The average molecular weight is 624 g/mol. The molecule has 3 aromatic rings. The van der Waals surface area contributed by atoms with Gasteiger partial charge in [-0.25, -0.2) is 0 Å². The fourth-order valence-electron chi connectivity index (χ4n) is 5.24. The maximum absolute atomic E-state index is 12.2. The smallest absolute Gasteiger partial charge is 0.387 e.